The molecule has 2 rings (SSSR count). The summed E-state index contributed by atoms with van der Waals surface area (Å²) in [5.41, 5.74) is 1.25. The summed E-state index contributed by atoms with van der Waals surface area (Å²) < 4.78 is 0. The van der Waals surface area contributed by atoms with Crippen molar-refractivity contribution < 1.29 is 0 Å². The minimum atomic E-state index is 0.426. The van der Waals surface area contributed by atoms with E-state index in [2.05, 4.69) is 59.7 Å². The van der Waals surface area contributed by atoms with E-state index in [1.807, 2.05) is 23.6 Å². The van der Waals surface area contributed by atoms with Crippen LogP contribution in [0.25, 0.3) is 0 Å². The third kappa shape index (κ3) is 3.55. The van der Waals surface area contributed by atoms with Crippen molar-refractivity contribution >= 4 is 17.2 Å². The fourth-order valence-corrected chi connectivity index (χ4v) is 2.89. The van der Waals surface area contributed by atoms with Crippen molar-refractivity contribution in [3.05, 3.63) is 46.3 Å². The Morgan fingerprint density at radius 3 is 2.89 bits per heavy atom. The molecule has 0 aliphatic rings. The summed E-state index contributed by atoms with van der Waals surface area (Å²) in [5, 5.41) is 5.45. The van der Waals surface area contributed by atoms with E-state index in [1.165, 1.54) is 10.4 Å². The standard InChI is InChI=1S/C15H21N3S/c1-4-16-15-13(7-5-9-17-15)11-18(3)12(2)14-8-6-10-19-14/h5-10,12H,4,11H2,1-3H3,(H,16,17). The normalized spacial score (nSPS) is 12.6. The van der Waals surface area contributed by atoms with Gasteiger partial charge in [-0.1, -0.05) is 12.1 Å². The molecule has 19 heavy (non-hydrogen) atoms. The Morgan fingerprint density at radius 2 is 2.21 bits per heavy atom. The zero-order valence-corrected chi connectivity index (χ0v) is 12.6. The van der Waals surface area contributed by atoms with Gasteiger partial charge >= 0.3 is 0 Å². The summed E-state index contributed by atoms with van der Waals surface area (Å²) in [5.74, 6) is 0.996. The average molecular weight is 275 g/mol. The highest BCUT2D eigenvalue weighted by atomic mass is 32.1. The summed E-state index contributed by atoms with van der Waals surface area (Å²) in [6, 6.07) is 8.87. The van der Waals surface area contributed by atoms with E-state index in [4.69, 9.17) is 0 Å². The molecule has 0 aromatic carbocycles. The molecular formula is C15H21N3S. The Labute approximate surface area is 119 Å². The van der Waals surface area contributed by atoms with E-state index in [9.17, 15) is 0 Å². The van der Waals surface area contributed by atoms with Gasteiger partial charge in [-0.3, -0.25) is 4.90 Å². The molecule has 2 heterocycles. The molecule has 1 N–H and O–H groups in total. The highest BCUT2D eigenvalue weighted by Gasteiger charge is 2.14. The van der Waals surface area contributed by atoms with Gasteiger partial charge in [0.2, 0.25) is 0 Å². The average Bonchev–Trinajstić information content (AvgIpc) is 2.94. The molecule has 2 aromatic rings. The van der Waals surface area contributed by atoms with Crippen molar-refractivity contribution in [3.63, 3.8) is 0 Å². The summed E-state index contributed by atoms with van der Waals surface area (Å²) in [7, 11) is 2.16. The number of hydrogen-bond donors (Lipinski definition) is 1. The molecule has 0 fully saturated rings. The quantitative estimate of drug-likeness (QED) is 0.870. The molecule has 0 radical (unpaired) electrons. The van der Waals surface area contributed by atoms with E-state index in [-0.39, 0.29) is 0 Å². The lowest BCUT2D eigenvalue weighted by Gasteiger charge is -2.24. The Balaban J connectivity index is 2.08. The van der Waals surface area contributed by atoms with Crippen molar-refractivity contribution in [1.29, 1.82) is 0 Å². The van der Waals surface area contributed by atoms with Crippen molar-refractivity contribution in [3.8, 4) is 0 Å². The Bertz CT molecular complexity index is 496. The molecule has 2 aromatic heterocycles. The van der Waals surface area contributed by atoms with E-state index in [0.29, 0.717) is 6.04 Å². The van der Waals surface area contributed by atoms with Gasteiger partial charge in [0.1, 0.15) is 5.82 Å². The Hall–Kier alpha value is -1.39. The van der Waals surface area contributed by atoms with E-state index in [0.717, 1.165) is 18.9 Å². The van der Waals surface area contributed by atoms with Gasteiger partial charge < -0.3 is 5.32 Å². The first-order chi connectivity index (χ1) is 9.22. The summed E-state index contributed by atoms with van der Waals surface area (Å²) in [6.07, 6.45) is 1.84. The minimum Gasteiger partial charge on any atom is -0.370 e. The molecule has 4 heteroatoms. The fraction of sp³-hybridized carbons (Fsp3) is 0.400. The Kier molecular flexibility index (Phi) is 4.93. The molecule has 0 amide bonds. The van der Waals surface area contributed by atoms with Crippen LogP contribution in [-0.2, 0) is 6.54 Å². The van der Waals surface area contributed by atoms with E-state index in [1.54, 1.807) is 0 Å². The molecule has 1 atom stereocenters. The van der Waals surface area contributed by atoms with Crippen LogP contribution in [0.5, 0.6) is 0 Å². The monoisotopic (exact) mass is 275 g/mol. The molecule has 0 aliphatic carbocycles. The summed E-state index contributed by atoms with van der Waals surface area (Å²) >= 11 is 1.81. The van der Waals surface area contributed by atoms with Crippen LogP contribution in [0.3, 0.4) is 0 Å². The summed E-state index contributed by atoms with van der Waals surface area (Å²) in [4.78, 5) is 8.16. The predicted molar refractivity (Wildman–Crippen MR) is 82.6 cm³/mol. The summed E-state index contributed by atoms with van der Waals surface area (Å²) in [6.45, 7) is 6.13. The van der Waals surface area contributed by atoms with E-state index >= 15 is 0 Å². The molecule has 0 aliphatic heterocycles. The fourth-order valence-electron chi connectivity index (χ4n) is 2.04. The maximum absolute atomic E-state index is 4.41. The largest absolute Gasteiger partial charge is 0.370 e. The lowest BCUT2D eigenvalue weighted by Crippen LogP contribution is -2.22. The second kappa shape index (κ2) is 6.68. The minimum absolute atomic E-state index is 0.426. The van der Waals surface area contributed by atoms with Gasteiger partial charge in [0, 0.05) is 35.8 Å². The molecule has 102 valence electrons. The highest BCUT2D eigenvalue weighted by Crippen LogP contribution is 2.25. The lowest BCUT2D eigenvalue weighted by molar-refractivity contribution is 0.256. The van der Waals surface area contributed by atoms with Gasteiger partial charge in [0.05, 0.1) is 0 Å². The van der Waals surface area contributed by atoms with Crippen LogP contribution in [0.4, 0.5) is 5.82 Å². The number of hydrogen-bond acceptors (Lipinski definition) is 4. The van der Waals surface area contributed by atoms with Crippen molar-refractivity contribution in [1.82, 2.24) is 9.88 Å². The van der Waals surface area contributed by atoms with Crippen molar-refractivity contribution in [2.24, 2.45) is 0 Å². The third-order valence-electron chi connectivity index (χ3n) is 3.27. The van der Waals surface area contributed by atoms with E-state index < -0.39 is 0 Å². The molecule has 0 saturated heterocycles. The number of pyridine rings is 1. The first kappa shape index (κ1) is 14.0. The number of rotatable bonds is 6. The Morgan fingerprint density at radius 1 is 1.37 bits per heavy atom. The van der Waals surface area contributed by atoms with Gasteiger partial charge in [0.15, 0.2) is 0 Å². The maximum Gasteiger partial charge on any atom is 0.130 e. The first-order valence-corrected chi connectivity index (χ1v) is 7.51. The van der Waals surface area contributed by atoms with Crippen LogP contribution < -0.4 is 5.32 Å². The van der Waals surface area contributed by atoms with Gasteiger partial charge in [-0.2, -0.15) is 0 Å². The molecule has 0 saturated carbocycles. The number of nitrogens with one attached hydrogen (secondary N) is 1. The molecule has 0 bridgehead atoms. The number of anilines is 1. The predicted octanol–water partition coefficient (Wildman–Crippen LogP) is 3.77. The SMILES string of the molecule is CCNc1ncccc1CN(C)C(C)c1cccs1. The number of aromatic nitrogens is 1. The first-order valence-electron chi connectivity index (χ1n) is 6.63. The van der Waals surface area contributed by atoms with Crippen LogP contribution >= 0.6 is 11.3 Å². The topological polar surface area (TPSA) is 28.2 Å². The van der Waals surface area contributed by atoms with Crippen LogP contribution in [0.2, 0.25) is 0 Å². The molecule has 3 nitrogen and oxygen atoms in total. The highest BCUT2D eigenvalue weighted by molar-refractivity contribution is 7.10. The second-order valence-corrected chi connectivity index (χ2v) is 5.63. The lowest BCUT2D eigenvalue weighted by atomic mass is 10.2. The maximum atomic E-state index is 4.41. The third-order valence-corrected chi connectivity index (χ3v) is 4.31. The van der Waals surface area contributed by atoms with Crippen LogP contribution in [0, 0.1) is 0 Å². The second-order valence-electron chi connectivity index (χ2n) is 4.65. The van der Waals surface area contributed by atoms with Crippen molar-refractivity contribution in [2.45, 2.75) is 26.4 Å². The smallest absolute Gasteiger partial charge is 0.130 e. The van der Waals surface area contributed by atoms with Crippen LogP contribution in [0.15, 0.2) is 35.8 Å². The van der Waals surface area contributed by atoms with Crippen LogP contribution in [0.1, 0.15) is 30.3 Å². The molecular weight excluding hydrogens is 254 g/mol. The zero-order valence-electron chi connectivity index (χ0n) is 11.8. The van der Waals surface area contributed by atoms with Gasteiger partial charge in [0.25, 0.3) is 0 Å². The van der Waals surface area contributed by atoms with Gasteiger partial charge in [-0.25, -0.2) is 4.98 Å². The van der Waals surface area contributed by atoms with Gasteiger partial charge in [-0.15, -0.1) is 11.3 Å². The zero-order chi connectivity index (χ0) is 13.7. The van der Waals surface area contributed by atoms with Crippen LogP contribution in [-0.4, -0.2) is 23.5 Å². The molecule has 1 unspecified atom stereocenters. The van der Waals surface area contributed by atoms with Crippen molar-refractivity contribution in [2.75, 3.05) is 18.9 Å². The number of nitrogens with zero attached hydrogens (tertiary/aromatic N) is 2. The van der Waals surface area contributed by atoms with Gasteiger partial charge in [-0.05, 0) is 38.4 Å². The molecule has 0 spiro atoms. The number of thiophene rings is 1.